The number of hydrogen-bond donors (Lipinski definition) is 6. The molecule has 0 aliphatic carbocycles. The lowest BCUT2D eigenvalue weighted by molar-refractivity contribution is -0.305. The minimum atomic E-state index is -1.64. The smallest absolute Gasteiger partial charge is 0.306 e. The fourth-order valence-corrected chi connectivity index (χ4v) is 8.03. The van der Waals surface area contributed by atoms with Gasteiger partial charge in [-0.3, -0.25) is 9.59 Å². The lowest BCUT2D eigenvalue weighted by Gasteiger charge is -2.41. The molecule has 11 heteroatoms. The van der Waals surface area contributed by atoms with Crippen LogP contribution >= 0.6 is 0 Å². The van der Waals surface area contributed by atoms with Crippen LogP contribution in [0.25, 0.3) is 0 Å². The number of aliphatic hydroxyl groups is 5. The van der Waals surface area contributed by atoms with E-state index < -0.39 is 67.4 Å². The van der Waals surface area contributed by atoms with Crippen LogP contribution < -0.4 is 5.32 Å². The molecule has 0 aromatic heterocycles. The number of allylic oxidation sites excluding steroid dienone is 15. The van der Waals surface area contributed by atoms with Crippen molar-refractivity contribution < 1.29 is 49.3 Å². The third kappa shape index (κ3) is 36.2. The molecule has 0 saturated carbocycles. The maximum Gasteiger partial charge on any atom is 0.306 e. The van der Waals surface area contributed by atoms with Gasteiger partial charge in [-0.25, -0.2) is 0 Å². The van der Waals surface area contributed by atoms with Gasteiger partial charge in [-0.1, -0.05) is 208 Å². The normalized spacial score (nSPS) is 20.4. The van der Waals surface area contributed by atoms with Crippen molar-refractivity contribution in [2.45, 2.75) is 256 Å². The number of aliphatic hydroxyl groups excluding tert-OH is 5. The van der Waals surface area contributed by atoms with Gasteiger partial charge in [-0.2, -0.15) is 0 Å². The van der Waals surface area contributed by atoms with Crippen molar-refractivity contribution in [3.63, 3.8) is 0 Å². The van der Waals surface area contributed by atoms with Crippen molar-refractivity contribution >= 4 is 11.9 Å². The monoisotopic (exact) mass is 996 g/mol. The summed E-state index contributed by atoms with van der Waals surface area (Å²) in [5.41, 5.74) is 0. The Morgan fingerprint density at radius 1 is 0.577 bits per heavy atom. The fourth-order valence-electron chi connectivity index (χ4n) is 8.03. The maximum atomic E-state index is 13.3. The van der Waals surface area contributed by atoms with E-state index in [-0.39, 0.29) is 19.4 Å². The first kappa shape index (κ1) is 65.6. The molecule has 0 aromatic rings. The van der Waals surface area contributed by atoms with Gasteiger partial charge >= 0.3 is 5.97 Å². The standard InChI is InChI=1S/C60H101NO10/c1-4-7-10-13-16-19-22-24-26-27-28-30-33-36-39-42-45-48-55(65)71-58-57(67)56(66)54(49-62)70-60(58)69-50-51(52(63)46-43-40-37-34-31-21-18-15-12-9-6-3)61-59(68)53(64)47-44-41-38-35-32-29-25-23-20-17-14-11-8-5-2/h7,10,16-17,19-20,23-26,28,30,36,39,43,46,51-54,56-58,60,62-64,66-67H,4-6,8-9,11-15,18,21-22,27,29,31-35,37-38,40-42,44-45,47-50H2,1-3H3,(H,61,68)/b10-7-,19-16-,20-17+,25-23+,26-24-,30-28-,39-36-,46-43+. The number of nitrogens with one attached hydrogen (secondary N) is 1. The van der Waals surface area contributed by atoms with Crippen LogP contribution in [0.3, 0.4) is 0 Å². The number of ether oxygens (including phenoxy) is 3. The predicted octanol–water partition coefficient (Wildman–Crippen LogP) is 12.4. The van der Waals surface area contributed by atoms with Crippen LogP contribution in [0.5, 0.6) is 0 Å². The Hall–Kier alpha value is -3.42. The van der Waals surface area contributed by atoms with Gasteiger partial charge in [0.1, 0.15) is 24.4 Å². The molecule has 0 bridgehead atoms. The fraction of sp³-hybridized carbons (Fsp3) is 0.700. The van der Waals surface area contributed by atoms with Gasteiger partial charge in [0.05, 0.1) is 25.4 Å². The number of amides is 1. The van der Waals surface area contributed by atoms with Crippen molar-refractivity contribution in [2.24, 2.45) is 0 Å². The van der Waals surface area contributed by atoms with Gasteiger partial charge in [0.2, 0.25) is 5.91 Å². The van der Waals surface area contributed by atoms with Crippen LogP contribution in [0.2, 0.25) is 0 Å². The van der Waals surface area contributed by atoms with Gasteiger partial charge in [-0.05, 0) is 89.9 Å². The highest BCUT2D eigenvalue weighted by molar-refractivity contribution is 5.80. The van der Waals surface area contributed by atoms with E-state index in [1.807, 2.05) is 18.2 Å². The van der Waals surface area contributed by atoms with Gasteiger partial charge in [0.15, 0.2) is 12.4 Å². The summed E-state index contributed by atoms with van der Waals surface area (Å²) in [6, 6.07) is -1.05. The number of unbranched alkanes of at least 4 members (excludes halogenated alkanes) is 18. The van der Waals surface area contributed by atoms with Crippen molar-refractivity contribution in [2.75, 3.05) is 13.2 Å². The molecule has 1 heterocycles. The topological polar surface area (TPSA) is 175 Å². The van der Waals surface area contributed by atoms with E-state index in [9.17, 15) is 35.1 Å². The Balaban J connectivity index is 2.79. The summed E-state index contributed by atoms with van der Waals surface area (Å²) < 4.78 is 17.5. The second kappa shape index (κ2) is 47.6. The Morgan fingerprint density at radius 2 is 1.06 bits per heavy atom. The van der Waals surface area contributed by atoms with E-state index in [1.54, 1.807) is 6.08 Å². The SMILES string of the molecule is CC/C=C\C/C=C\C/C=C\C/C=C\C/C=C\CCCC(=O)OC1C(OCC(NC(=O)C(O)CCCCCCC/C=C/C=C/CCCCC)C(O)/C=C/CCCCCCCCCCC)OC(CO)C(O)C1O. The molecule has 0 spiro atoms. The predicted molar refractivity (Wildman–Crippen MR) is 292 cm³/mol. The Kier molecular flexibility index (Phi) is 44.0. The number of esters is 1. The lowest BCUT2D eigenvalue weighted by Crippen LogP contribution is -2.61. The summed E-state index contributed by atoms with van der Waals surface area (Å²) in [5, 5.41) is 56.7. The third-order valence-corrected chi connectivity index (χ3v) is 12.5. The van der Waals surface area contributed by atoms with E-state index in [0.29, 0.717) is 19.3 Å². The molecule has 1 aliphatic rings. The molecule has 0 aromatic carbocycles. The van der Waals surface area contributed by atoms with Crippen LogP contribution in [0.15, 0.2) is 97.2 Å². The molecule has 1 amide bonds. The van der Waals surface area contributed by atoms with E-state index in [4.69, 9.17) is 14.2 Å². The molecular formula is C60H101NO10. The van der Waals surface area contributed by atoms with Crippen molar-refractivity contribution in [1.82, 2.24) is 5.32 Å². The molecule has 71 heavy (non-hydrogen) atoms. The average Bonchev–Trinajstić information content (AvgIpc) is 3.37. The Morgan fingerprint density at radius 3 is 1.62 bits per heavy atom. The van der Waals surface area contributed by atoms with Crippen LogP contribution in [0.1, 0.15) is 207 Å². The summed E-state index contributed by atoms with van der Waals surface area (Å²) in [5.74, 6) is -1.28. The maximum absolute atomic E-state index is 13.3. The lowest BCUT2D eigenvalue weighted by atomic mass is 9.99. The molecule has 406 valence electrons. The van der Waals surface area contributed by atoms with Crippen molar-refractivity contribution in [3.8, 4) is 0 Å². The highest BCUT2D eigenvalue weighted by Crippen LogP contribution is 2.26. The van der Waals surface area contributed by atoms with E-state index in [2.05, 4.69) is 99.0 Å². The minimum Gasteiger partial charge on any atom is -0.454 e. The summed E-state index contributed by atoms with van der Waals surface area (Å²) in [6.45, 7) is 5.57. The minimum absolute atomic E-state index is 0.0390. The first-order valence-electron chi connectivity index (χ1n) is 28.0. The van der Waals surface area contributed by atoms with Gasteiger partial charge in [-0.15, -0.1) is 0 Å². The summed E-state index contributed by atoms with van der Waals surface area (Å²) >= 11 is 0. The Labute approximate surface area is 431 Å². The van der Waals surface area contributed by atoms with E-state index >= 15 is 0 Å². The molecule has 6 N–H and O–H groups in total. The van der Waals surface area contributed by atoms with E-state index in [1.165, 1.54) is 57.8 Å². The average molecular weight is 996 g/mol. The molecule has 1 saturated heterocycles. The highest BCUT2D eigenvalue weighted by atomic mass is 16.7. The quantitative estimate of drug-likeness (QED) is 0.0149. The zero-order valence-electron chi connectivity index (χ0n) is 44.6. The van der Waals surface area contributed by atoms with Gasteiger partial charge < -0.3 is 45.1 Å². The molecule has 1 aliphatic heterocycles. The molecule has 8 unspecified atom stereocenters. The summed E-state index contributed by atoms with van der Waals surface area (Å²) in [6.07, 6.45) is 51.7. The number of rotatable bonds is 45. The molecule has 1 rings (SSSR count). The first-order valence-corrected chi connectivity index (χ1v) is 28.0. The van der Waals surface area contributed by atoms with Crippen LogP contribution in [-0.4, -0.2) is 99.6 Å². The van der Waals surface area contributed by atoms with E-state index in [0.717, 1.165) is 96.3 Å². The molecule has 1 fully saturated rings. The van der Waals surface area contributed by atoms with Crippen molar-refractivity contribution in [3.05, 3.63) is 97.2 Å². The molecule has 0 radical (unpaired) electrons. The summed E-state index contributed by atoms with van der Waals surface area (Å²) in [7, 11) is 0. The number of carbonyl (C=O) groups is 2. The second-order valence-electron chi connectivity index (χ2n) is 19.0. The molecular weight excluding hydrogens is 895 g/mol. The van der Waals surface area contributed by atoms with Crippen LogP contribution in [-0.2, 0) is 23.8 Å². The largest absolute Gasteiger partial charge is 0.454 e. The van der Waals surface area contributed by atoms with Gasteiger partial charge in [0, 0.05) is 6.42 Å². The summed E-state index contributed by atoms with van der Waals surface area (Å²) in [4.78, 5) is 26.4. The number of carbonyl (C=O) groups excluding carboxylic acids is 2. The zero-order valence-corrected chi connectivity index (χ0v) is 44.6. The van der Waals surface area contributed by atoms with Crippen LogP contribution in [0, 0.1) is 0 Å². The van der Waals surface area contributed by atoms with Gasteiger partial charge in [0.25, 0.3) is 0 Å². The third-order valence-electron chi connectivity index (χ3n) is 12.5. The zero-order chi connectivity index (χ0) is 51.8. The first-order chi connectivity index (χ1) is 34.7. The Bertz CT molecular complexity index is 1520. The molecule has 11 nitrogen and oxygen atoms in total. The second-order valence-corrected chi connectivity index (χ2v) is 19.0. The van der Waals surface area contributed by atoms with Crippen LogP contribution in [0.4, 0.5) is 0 Å². The highest BCUT2D eigenvalue weighted by Gasteiger charge is 2.47. The molecule has 8 atom stereocenters. The van der Waals surface area contributed by atoms with Crippen molar-refractivity contribution in [1.29, 1.82) is 0 Å². The number of hydrogen-bond acceptors (Lipinski definition) is 10.